The van der Waals surface area contributed by atoms with Gasteiger partial charge in [0.1, 0.15) is 17.1 Å². The smallest absolute Gasteiger partial charge is 0.246 e. The number of amides is 2. The molecule has 0 bridgehead atoms. The zero-order valence-corrected chi connectivity index (χ0v) is 13.2. The van der Waals surface area contributed by atoms with Crippen LogP contribution in [0.5, 0.6) is 0 Å². The van der Waals surface area contributed by atoms with E-state index in [0.29, 0.717) is 12.3 Å². The highest BCUT2D eigenvalue weighted by Gasteiger charge is 2.48. The topological polar surface area (TPSA) is 62.3 Å². The summed E-state index contributed by atoms with van der Waals surface area (Å²) in [4.78, 5) is 31.5. The fraction of sp³-hybridized carbons (Fsp3) is 0.667. The normalized spacial score (nSPS) is 27.6. The van der Waals surface area contributed by atoms with Crippen molar-refractivity contribution in [1.29, 1.82) is 0 Å². The van der Waals surface area contributed by atoms with E-state index in [1.165, 1.54) is 0 Å². The molecule has 0 spiro atoms. The second-order valence-corrected chi connectivity index (χ2v) is 6.71. The zero-order chi connectivity index (χ0) is 15.0. The Morgan fingerprint density at radius 2 is 2.19 bits per heavy atom. The lowest BCUT2D eigenvalue weighted by Gasteiger charge is -2.42. The summed E-state index contributed by atoms with van der Waals surface area (Å²) < 4.78 is 0. The van der Waals surface area contributed by atoms with Gasteiger partial charge in [0.25, 0.3) is 0 Å². The molecule has 2 aliphatic rings. The number of hydrogen-bond acceptors (Lipinski definition) is 4. The van der Waals surface area contributed by atoms with Gasteiger partial charge in [-0.05, 0) is 31.6 Å². The van der Waals surface area contributed by atoms with Gasteiger partial charge >= 0.3 is 0 Å². The summed E-state index contributed by atoms with van der Waals surface area (Å²) in [6.07, 6.45) is 5.25. The molecule has 1 saturated carbocycles. The molecule has 5 nitrogen and oxygen atoms in total. The predicted octanol–water partition coefficient (Wildman–Crippen LogP) is 2.11. The third kappa shape index (κ3) is 2.57. The molecule has 21 heavy (non-hydrogen) atoms. The largest absolute Gasteiger partial charge is 0.342 e. The van der Waals surface area contributed by atoms with Crippen LogP contribution in [0.15, 0.2) is 11.6 Å². The molecular weight excluding hydrogens is 286 g/mol. The van der Waals surface area contributed by atoms with Gasteiger partial charge in [0, 0.05) is 11.6 Å². The maximum atomic E-state index is 12.9. The van der Waals surface area contributed by atoms with Gasteiger partial charge in [-0.2, -0.15) is 0 Å². The van der Waals surface area contributed by atoms with E-state index in [1.807, 2.05) is 19.2 Å². The number of carbonyl (C=O) groups excluding carboxylic acids is 2. The summed E-state index contributed by atoms with van der Waals surface area (Å²) in [5.41, 5.74) is 0. The van der Waals surface area contributed by atoms with Crippen molar-refractivity contribution in [1.82, 2.24) is 15.2 Å². The fourth-order valence-electron chi connectivity index (χ4n) is 3.14. The number of rotatable bonds is 5. The predicted molar refractivity (Wildman–Crippen MR) is 80.7 cm³/mol. The van der Waals surface area contributed by atoms with Crippen LogP contribution in [0.1, 0.15) is 50.6 Å². The van der Waals surface area contributed by atoms with Gasteiger partial charge in [-0.3, -0.25) is 9.59 Å². The molecule has 2 fully saturated rings. The maximum absolute atomic E-state index is 12.9. The second kappa shape index (κ2) is 5.75. The molecule has 1 aliphatic heterocycles. The lowest BCUT2D eigenvalue weighted by atomic mass is 9.98. The van der Waals surface area contributed by atoms with Gasteiger partial charge in [0.05, 0.1) is 6.04 Å². The van der Waals surface area contributed by atoms with Crippen molar-refractivity contribution in [3.63, 3.8) is 0 Å². The first kappa shape index (κ1) is 14.5. The quantitative estimate of drug-likeness (QED) is 0.906. The first-order valence-corrected chi connectivity index (χ1v) is 8.57. The molecule has 1 aromatic rings. The van der Waals surface area contributed by atoms with Gasteiger partial charge in [-0.25, -0.2) is 4.98 Å². The number of aromatic nitrogens is 1. The minimum Gasteiger partial charge on any atom is -0.342 e. The summed E-state index contributed by atoms with van der Waals surface area (Å²) in [5, 5.41) is 5.78. The SMILES string of the molecule is CCC1C(=O)NC(C2CC2)C(=O)N1C(CC)c1nccs1. The Morgan fingerprint density at radius 1 is 1.43 bits per heavy atom. The molecule has 2 amide bonds. The molecule has 3 atom stereocenters. The number of piperazine rings is 1. The van der Waals surface area contributed by atoms with Crippen molar-refractivity contribution in [2.75, 3.05) is 0 Å². The molecule has 1 aliphatic carbocycles. The van der Waals surface area contributed by atoms with Gasteiger partial charge in [0.2, 0.25) is 11.8 Å². The summed E-state index contributed by atoms with van der Waals surface area (Å²) in [6, 6.07) is -0.787. The summed E-state index contributed by atoms with van der Waals surface area (Å²) in [7, 11) is 0. The third-order valence-electron chi connectivity index (χ3n) is 4.40. The molecule has 6 heteroatoms. The van der Waals surface area contributed by atoms with E-state index in [0.717, 1.165) is 24.3 Å². The second-order valence-electron chi connectivity index (χ2n) is 5.79. The van der Waals surface area contributed by atoms with Crippen molar-refractivity contribution in [2.24, 2.45) is 5.92 Å². The van der Waals surface area contributed by atoms with E-state index in [4.69, 9.17) is 0 Å². The molecule has 1 aromatic heterocycles. The minimum atomic E-state index is -0.374. The van der Waals surface area contributed by atoms with Crippen LogP contribution >= 0.6 is 11.3 Å². The van der Waals surface area contributed by atoms with E-state index in [2.05, 4.69) is 10.3 Å². The average Bonchev–Trinajstić information content (AvgIpc) is 3.18. The van der Waals surface area contributed by atoms with E-state index in [-0.39, 0.29) is 29.9 Å². The molecule has 114 valence electrons. The Kier molecular flexibility index (Phi) is 3.97. The van der Waals surface area contributed by atoms with Gasteiger partial charge in [-0.15, -0.1) is 11.3 Å². The van der Waals surface area contributed by atoms with Gasteiger partial charge in [-0.1, -0.05) is 13.8 Å². The van der Waals surface area contributed by atoms with E-state index in [9.17, 15) is 9.59 Å². The highest BCUT2D eigenvalue weighted by atomic mass is 32.1. The van der Waals surface area contributed by atoms with Crippen molar-refractivity contribution in [3.8, 4) is 0 Å². The van der Waals surface area contributed by atoms with Crippen molar-refractivity contribution in [2.45, 2.75) is 57.7 Å². The number of nitrogens with zero attached hydrogens (tertiary/aromatic N) is 2. The van der Waals surface area contributed by atoms with Crippen LogP contribution in [0.3, 0.4) is 0 Å². The molecule has 1 N–H and O–H groups in total. The van der Waals surface area contributed by atoms with Crippen LogP contribution in [0, 0.1) is 5.92 Å². The van der Waals surface area contributed by atoms with E-state index < -0.39 is 0 Å². The monoisotopic (exact) mass is 307 g/mol. The molecule has 3 unspecified atom stereocenters. The standard InChI is InChI=1S/C15H21N3O2S/c1-3-10-13(19)17-12(9-5-6-9)15(20)18(10)11(4-2)14-16-7-8-21-14/h7-12H,3-6H2,1-2H3,(H,17,19). The lowest BCUT2D eigenvalue weighted by molar-refractivity contribution is -0.153. The van der Waals surface area contributed by atoms with Crippen LogP contribution in [0.25, 0.3) is 0 Å². The van der Waals surface area contributed by atoms with Crippen LogP contribution in [-0.2, 0) is 9.59 Å². The zero-order valence-electron chi connectivity index (χ0n) is 12.4. The molecule has 1 saturated heterocycles. The third-order valence-corrected chi connectivity index (χ3v) is 5.27. The Bertz CT molecular complexity index is 527. The average molecular weight is 307 g/mol. The minimum absolute atomic E-state index is 0.0102. The van der Waals surface area contributed by atoms with Crippen LogP contribution in [0.2, 0.25) is 0 Å². The van der Waals surface area contributed by atoms with Gasteiger partial charge in [0.15, 0.2) is 0 Å². The molecular formula is C15H21N3O2S. The van der Waals surface area contributed by atoms with Crippen LogP contribution < -0.4 is 5.32 Å². The number of nitrogens with one attached hydrogen (secondary N) is 1. The molecule has 0 aromatic carbocycles. The number of hydrogen-bond donors (Lipinski definition) is 1. The Hall–Kier alpha value is -1.43. The Morgan fingerprint density at radius 3 is 2.71 bits per heavy atom. The first-order chi connectivity index (χ1) is 10.2. The van der Waals surface area contributed by atoms with E-state index in [1.54, 1.807) is 22.4 Å². The molecule has 2 heterocycles. The van der Waals surface area contributed by atoms with Crippen molar-refractivity contribution in [3.05, 3.63) is 16.6 Å². The van der Waals surface area contributed by atoms with E-state index >= 15 is 0 Å². The number of thiazole rings is 1. The highest BCUT2D eigenvalue weighted by Crippen LogP contribution is 2.38. The summed E-state index contributed by atoms with van der Waals surface area (Å²) in [6.45, 7) is 4.00. The Labute approximate surface area is 128 Å². The van der Waals surface area contributed by atoms with Gasteiger partial charge < -0.3 is 10.2 Å². The fourth-order valence-corrected chi connectivity index (χ4v) is 3.96. The summed E-state index contributed by atoms with van der Waals surface area (Å²) >= 11 is 1.55. The lowest BCUT2D eigenvalue weighted by Crippen LogP contribution is -2.64. The first-order valence-electron chi connectivity index (χ1n) is 7.69. The van der Waals surface area contributed by atoms with Crippen molar-refractivity contribution < 1.29 is 9.59 Å². The van der Waals surface area contributed by atoms with Crippen molar-refractivity contribution >= 4 is 23.2 Å². The molecule has 0 radical (unpaired) electrons. The van der Waals surface area contributed by atoms with Crippen LogP contribution in [0.4, 0.5) is 0 Å². The van der Waals surface area contributed by atoms with Crippen LogP contribution in [-0.4, -0.2) is 33.8 Å². The Balaban J connectivity index is 1.93. The maximum Gasteiger partial charge on any atom is 0.246 e. The summed E-state index contributed by atoms with van der Waals surface area (Å²) in [5.74, 6) is 0.394. The highest BCUT2D eigenvalue weighted by molar-refractivity contribution is 7.09. The number of carbonyl (C=O) groups is 2. The molecule has 3 rings (SSSR count).